The molecule has 7 heteroatoms. The van der Waals surface area contributed by atoms with E-state index in [1.54, 1.807) is 0 Å². The fourth-order valence-electron chi connectivity index (χ4n) is 6.54. The van der Waals surface area contributed by atoms with Gasteiger partial charge in [-0.2, -0.15) is 0 Å². The van der Waals surface area contributed by atoms with Crippen molar-refractivity contribution in [1.29, 1.82) is 0 Å². The standard InChI is InChI=1S/C29H35Cl2N3O2/c1-19-10-12-24(14-19)34(18-27(35)32-23-8-3-2-4-9-23)29(17-20-6-5-7-21(30)15-20)25-13-11-22(31)16-26(25)33-28(29)36/h5-7,11,13,15-16,19,23-24H,2-4,8-10,12,14,17-18H2,1H3,(H,32,35)(H,33,36)/t19-,24-,29?/m1/s1. The van der Waals surface area contributed by atoms with E-state index in [4.69, 9.17) is 23.2 Å². The van der Waals surface area contributed by atoms with Crippen LogP contribution in [0.2, 0.25) is 10.0 Å². The maximum atomic E-state index is 14.0. The lowest BCUT2D eigenvalue weighted by atomic mass is 9.81. The highest BCUT2D eigenvalue weighted by Crippen LogP contribution is 2.47. The summed E-state index contributed by atoms with van der Waals surface area (Å²) in [6.07, 6.45) is 9.05. The molecule has 0 bridgehead atoms. The minimum Gasteiger partial charge on any atom is -0.352 e. The van der Waals surface area contributed by atoms with Crippen LogP contribution in [0.4, 0.5) is 5.69 Å². The molecular formula is C29H35Cl2N3O2. The van der Waals surface area contributed by atoms with E-state index in [1.807, 2.05) is 42.5 Å². The van der Waals surface area contributed by atoms with Gasteiger partial charge < -0.3 is 10.6 Å². The summed E-state index contributed by atoms with van der Waals surface area (Å²) in [5.41, 5.74) is 1.54. The Labute approximate surface area is 223 Å². The Kier molecular flexibility index (Phi) is 7.62. The zero-order valence-electron chi connectivity index (χ0n) is 20.9. The number of nitrogens with zero attached hydrogens (tertiary/aromatic N) is 1. The first-order valence-corrected chi connectivity index (χ1v) is 14.0. The van der Waals surface area contributed by atoms with Gasteiger partial charge in [0.05, 0.1) is 6.54 Å². The number of rotatable bonds is 7. The molecule has 2 aromatic rings. The Morgan fingerprint density at radius 3 is 2.56 bits per heavy atom. The first-order chi connectivity index (χ1) is 17.3. The molecule has 2 amide bonds. The highest BCUT2D eigenvalue weighted by Gasteiger charge is 2.54. The third-order valence-electron chi connectivity index (χ3n) is 8.28. The summed E-state index contributed by atoms with van der Waals surface area (Å²) in [5, 5.41) is 7.60. The summed E-state index contributed by atoms with van der Waals surface area (Å²) >= 11 is 12.7. The van der Waals surface area contributed by atoms with E-state index in [2.05, 4.69) is 22.5 Å². The van der Waals surface area contributed by atoms with E-state index in [1.165, 1.54) is 6.42 Å². The number of hydrogen-bond acceptors (Lipinski definition) is 3. The van der Waals surface area contributed by atoms with Gasteiger partial charge in [0, 0.05) is 39.8 Å². The molecule has 0 saturated heterocycles. The first kappa shape index (κ1) is 25.6. The molecule has 0 aromatic heterocycles. The zero-order valence-corrected chi connectivity index (χ0v) is 22.4. The number of halogens is 2. The molecule has 0 spiro atoms. The van der Waals surface area contributed by atoms with Gasteiger partial charge in [-0.15, -0.1) is 0 Å². The second kappa shape index (κ2) is 10.7. The SMILES string of the molecule is C[C@@H]1CC[C@@H](N(CC(=O)NC2CCCCC2)C2(Cc3cccc(Cl)c3)C(=O)Nc3cc(Cl)ccc32)C1. The molecule has 2 aliphatic carbocycles. The minimum atomic E-state index is -1.02. The van der Waals surface area contributed by atoms with Crippen molar-refractivity contribution in [3.63, 3.8) is 0 Å². The average Bonchev–Trinajstić information content (AvgIpc) is 3.39. The molecule has 1 unspecified atom stereocenters. The number of fused-ring (bicyclic) bond motifs is 1. The van der Waals surface area contributed by atoms with Crippen LogP contribution in [0.1, 0.15) is 69.4 Å². The molecule has 2 N–H and O–H groups in total. The lowest BCUT2D eigenvalue weighted by Gasteiger charge is -2.43. The fourth-order valence-corrected chi connectivity index (χ4v) is 6.93. The van der Waals surface area contributed by atoms with Crippen LogP contribution in [0, 0.1) is 5.92 Å². The van der Waals surface area contributed by atoms with E-state index in [0.717, 1.165) is 61.8 Å². The van der Waals surface area contributed by atoms with Crippen molar-refractivity contribution in [3.8, 4) is 0 Å². The Hall–Kier alpha value is -2.08. The van der Waals surface area contributed by atoms with Gasteiger partial charge in [-0.05, 0) is 67.9 Å². The number of carbonyl (C=O) groups excluding carboxylic acids is 2. The smallest absolute Gasteiger partial charge is 0.249 e. The molecule has 0 radical (unpaired) electrons. The van der Waals surface area contributed by atoms with E-state index in [-0.39, 0.29) is 30.4 Å². The maximum Gasteiger partial charge on any atom is 0.249 e. The Morgan fingerprint density at radius 2 is 1.83 bits per heavy atom. The second-order valence-corrected chi connectivity index (χ2v) is 11.8. The Balaban J connectivity index is 1.56. The van der Waals surface area contributed by atoms with Gasteiger partial charge in [-0.3, -0.25) is 14.5 Å². The molecule has 2 aromatic carbocycles. The summed E-state index contributed by atoms with van der Waals surface area (Å²) in [4.78, 5) is 29.8. The van der Waals surface area contributed by atoms with Crippen LogP contribution in [0.5, 0.6) is 0 Å². The van der Waals surface area contributed by atoms with E-state index < -0.39 is 5.54 Å². The summed E-state index contributed by atoms with van der Waals surface area (Å²) < 4.78 is 0. The van der Waals surface area contributed by atoms with Crippen molar-refractivity contribution in [2.75, 3.05) is 11.9 Å². The van der Waals surface area contributed by atoms with E-state index in [0.29, 0.717) is 22.4 Å². The van der Waals surface area contributed by atoms with Crippen LogP contribution >= 0.6 is 23.2 Å². The molecule has 36 heavy (non-hydrogen) atoms. The first-order valence-electron chi connectivity index (χ1n) is 13.3. The van der Waals surface area contributed by atoms with Crippen LogP contribution in [0.15, 0.2) is 42.5 Å². The summed E-state index contributed by atoms with van der Waals surface area (Å²) in [6.45, 7) is 2.44. The predicted octanol–water partition coefficient (Wildman–Crippen LogP) is 6.32. The predicted molar refractivity (Wildman–Crippen MR) is 145 cm³/mol. The van der Waals surface area contributed by atoms with Gasteiger partial charge in [0.25, 0.3) is 0 Å². The number of nitrogens with one attached hydrogen (secondary N) is 2. The van der Waals surface area contributed by atoms with Gasteiger partial charge in [0.15, 0.2) is 0 Å². The summed E-state index contributed by atoms with van der Waals surface area (Å²) in [6, 6.07) is 13.6. The van der Waals surface area contributed by atoms with Crippen LogP contribution in [-0.4, -0.2) is 35.3 Å². The molecule has 5 nitrogen and oxygen atoms in total. The molecule has 5 rings (SSSR count). The van der Waals surface area contributed by atoms with Crippen molar-refractivity contribution in [2.45, 2.75) is 82.3 Å². The van der Waals surface area contributed by atoms with Gasteiger partial charge in [-0.25, -0.2) is 0 Å². The van der Waals surface area contributed by atoms with Crippen LogP contribution in [-0.2, 0) is 21.5 Å². The zero-order chi connectivity index (χ0) is 25.3. The van der Waals surface area contributed by atoms with Crippen molar-refractivity contribution >= 4 is 40.7 Å². The van der Waals surface area contributed by atoms with Gasteiger partial charge in [0.1, 0.15) is 5.54 Å². The Bertz CT molecular complexity index is 1130. The van der Waals surface area contributed by atoms with Gasteiger partial charge >= 0.3 is 0 Å². The minimum absolute atomic E-state index is 0.00198. The molecule has 2 saturated carbocycles. The van der Waals surface area contributed by atoms with Crippen molar-refractivity contribution in [1.82, 2.24) is 10.2 Å². The molecule has 3 aliphatic rings. The highest BCUT2D eigenvalue weighted by molar-refractivity contribution is 6.31. The van der Waals surface area contributed by atoms with E-state index >= 15 is 0 Å². The van der Waals surface area contributed by atoms with Crippen molar-refractivity contribution < 1.29 is 9.59 Å². The molecule has 1 aliphatic heterocycles. The second-order valence-electron chi connectivity index (χ2n) is 10.9. The summed E-state index contributed by atoms with van der Waals surface area (Å²) in [7, 11) is 0. The monoisotopic (exact) mass is 527 g/mol. The third-order valence-corrected chi connectivity index (χ3v) is 8.75. The molecule has 192 valence electrons. The van der Waals surface area contributed by atoms with Gasteiger partial charge in [-0.1, -0.05) is 67.6 Å². The highest BCUT2D eigenvalue weighted by atomic mass is 35.5. The normalized spacial score (nSPS) is 26.2. The molecule has 3 atom stereocenters. The topological polar surface area (TPSA) is 61.4 Å². The van der Waals surface area contributed by atoms with Crippen LogP contribution < -0.4 is 10.6 Å². The largest absolute Gasteiger partial charge is 0.352 e. The quantitative estimate of drug-likeness (QED) is 0.442. The Morgan fingerprint density at radius 1 is 1.06 bits per heavy atom. The average molecular weight is 529 g/mol. The van der Waals surface area contributed by atoms with E-state index in [9.17, 15) is 9.59 Å². The third kappa shape index (κ3) is 5.16. The van der Waals surface area contributed by atoms with Crippen LogP contribution in [0.3, 0.4) is 0 Å². The lowest BCUT2D eigenvalue weighted by Crippen LogP contribution is -2.59. The lowest BCUT2D eigenvalue weighted by molar-refractivity contribution is -0.134. The fraction of sp³-hybridized carbons (Fsp3) is 0.517. The number of carbonyl (C=O) groups is 2. The number of benzene rings is 2. The number of hydrogen-bond donors (Lipinski definition) is 2. The number of amides is 2. The van der Waals surface area contributed by atoms with Crippen LogP contribution in [0.25, 0.3) is 0 Å². The van der Waals surface area contributed by atoms with Crippen molar-refractivity contribution in [3.05, 3.63) is 63.6 Å². The molecule has 2 fully saturated rings. The molecular weight excluding hydrogens is 493 g/mol. The van der Waals surface area contributed by atoms with Crippen molar-refractivity contribution in [2.24, 2.45) is 5.92 Å². The summed E-state index contributed by atoms with van der Waals surface area (Å²) in [5.74, 6) is 0.447. The van der Waals surface area contributed by atoms with Gasteiger partial charge in [0.2, 0.25) is 11.8 Å². The maximum absolute atomic E-state index is 14.0. The molecule has 1 heterocycles. The number of anilines is 1.